The molecule has 1 heterocycles. The number of benzene rings is 2. The fraction of sp³-hybridized carbons (Fsp3) is 0.367. The molecule has 1 aromatic heterocycles. The number of carboxylic acids is 1. The maximum atomic E-state index is 13.2. The van der Waals surface area contributed by atoms with Crippen molar-refractivity contribution in [2.24, 2.45) is 11.7 Å². The lowest BCUT2D eigenvalue weighted by Gasteiger charge is -2.21. The van der Waals surface area contributed by atoms with Crippen LogP contribution in [-0.4, -0.2) is 60.2 Å². The zero-order chi connectivity index (χ0) is 28.5. The van der Waals surface area contributed by atoms with Crippen molar-refractivity contribution in [3.63, 3.8) is 0 Å². The molecule has 1 amide bonds. The van der Waals surface area contributed by atoms with Gasteiger partial charge in [-0.25, -0.2) is 4.98 Å². The summed E-state index contributed by atoms with van der Waals surface area (Å²) in [5.74, 6) is -0.952. The SMILES string of the molecule is CC(C)[C@@H](CC(=O)O)NC(=O)c1ccc(-c2ccccc2CN)c(-c2ccc(Cl)c(OCCCN(C)C)c2)n1.Cl. The van der Waals surface area contributed by atoms with Crippen molar-refractivity contribution in [2.45, 2.75) is 39.3 Å². The van der Waals surface area contributed by atoms with E-state index < -0.39 is 17.9 Å². The first kappa shape index (κ1) is 33.0. The van der Waals surface area contributed by atoms with Crippen LogP contribution >= 0.6 is 24.0 Å². The van der Waals surface area contributed by atoms with Gasteiger partial charge in [-0.1, -0.05) is 55.8 Å². The van der Waals surface area contributed by atoms with Crippen LogP contribution in [0.15, 0.2) is 54.6 Å². The number of nitrogens with zero attached hydrogens (tertiary/aromatic N) is 2. The lowest BCUT2D eigenvalue weighted by Crippen LogP contribution is -2.40. The standard InChI is InChI=1S/C30H37ClN4O4.ClH/c1-19(2)26(17-28(36)37)34-30(38)25-13-11-23(22-9-6-5-8-21(22)18-32)29(33-25)20-10-12-24(31)27(16-20)39-15-7-14-35(3)4;/h5-6,8-13,16,19,26H,7,14-15,17-18,32H2,1-4H3,(H,34,38)(H,36,37);1H/t26-;/m1./s1. The topological polar surface area (TPSA) is 118 Å². The maximum Gasteiger partial charge on any atom is 0.305 e. The molecule has 216 valence electrons. The summed E-state index contributed by atoms with van der Waals surface area (Å²) < 4.78 is 5.99. The zero-order valence-corrected chi connectivity index (χ0v) is 24.9. The predicted octanol–water partition coefficient (Wildman–Crippen LogP) is 5.51. The highest BCUT2D eigenvalue weighted by Crippen LogP contribution is 2.36. The van der Waals surface area contributed by atoms with E-state index in [1.807, 2.05) is 70.4 Å². The van der Waals surface area contributed by atoms with Crippen molar-refractivity contribution in [3.8, 4) is 28.1 Å². The van der Waals surface area contributed by atoms with Crippen LogP contribution in [-0.2, 0) is 11.3 Å². The van der Waals surface area contributed by atoms with E-state index in [1.165, 1.54) is 0 Å². The van der Waals surface area contributed by atoms with Gasteiger partial charge in [-0.2, -0.15) is 0 Å². The number of hydrogen-bond donors (Lipinski definition) is 3. The Morgan fingerprint density at radius 2 is 1.82 bits per heavy atom. The number of rotatable bonds is 13. The highest BCUT2D eigenvalue weighted by Gasteiger charge is 2.22. The molecule has 0 saturated carbocycles. The molecule has 10 heteroatoms. The van der Waals surface area contributed by atoms with Gasteiger partial charge in [0.25, 0.3) is 5.91 Å². The Kier molecular flexibility index (Phi) is 12.9. The maximum absolute atomic E-state index is 13.2. The number of pyridine rings is 1. The fourth-order valence-electron chi connectivity index (χ4n) is 4.19. The third-order valence-electron chi connectivity index (χ3n) is 6.38. The summed E-state index contributed by atoms with van der Waals surface area (Å²) in [6, 6.07) is 16.2. The zero-order valence-electron chi connectivity index (χ0n) is 23.3. The molecule has 0 saturated heterocycles. The van der Waals surface area contributed by atoms with E-state index in [-0.39, 0.29) is 30.4 Å². The summed E-state index contributed by atoms with van der Waals surface area (Å²) in [5, 5.41) is 12.6. The number of amides is 1. The van der Waals surface area contributed by atoms with E-state index in [0.29, 0.717) is 29.6 Å². The Balaban J connectivity index is 0.00000560. The van der Waals surface area contributed by atoms with Crippen molar-refractivity contribution >= 4 is 35.9 Å². The number of aliphatic carboxylic acids is 1. The third-order valence-corrected chi connectivity index (χ3v) is 6.70. The second-order valence-electron chi connectivity index (χ2n) is 10.0. The first-order chi connectivity index (χ1) is 18.6. The second kappa shape index (κ2) is 15.6. The van der Waals surface area contributed by atoms with Gasteiger partial charge in [0.1, 0.15) is 11.4 Å². The lowest BCUT2D eigenvalue weighted by molar-refractivity contribution is -0.137. The number of ether oxygens (including phenoxy) is 1. The molecular formula is C30H38Cl2N4O4. The Bertz CT molecular complexity index is 1300. The van der Waals surface area contributed by atoms with Gasteiger partial charge in [0.15, 0.2) is 0 Å². The Hall–Kier alpha value is -3.17. The number of carbonyl (C=O) groups is 2. The number of nitrogens with two attached hydrogens (primary N) is 1. The van der Waals surface area contributed by atoms with Crippen molar-refractivity contribution in [1.29, 1.82) is 0 Å². The molecule has 0 aliphatic rings. The summed E-state index contributed by atoms with van der Waals surface area (Å²) >= 11 is 6.46. The number of carboxylic acid groups (broad SMARTS) is 1. The van der Waals surface area contributed by atoms with Crippen LogP contribution < -0.4 is 15.8 Å². The van der Waals surface area contributed by atoms with Gasteiger partial charge in [0.05, 0.1) is 23.7 Å². The summed E-state index contributed by atoms with van der Waals surface area (Å²) in [7, 11) is 4.02. The molecule has 0 aliphatic heterocycles. The van der Waals surface area contributed by atoms with E-state index >= 15 is 0 Å². The van der Waals surface area contributed by atoms with Crippen molar-refractivity contribution in [2.75, 3.05) is 27.2 Å². The van der Waals surface area contributed by atoms with Gasteiger partial charge in [0, 0.05) is 30.3 Å². The van der Waals surface area contributed by atoms with Crippen molar-refractivity contribution in [1.82, 2.24) is 15.2 Å². The summed E-state index contributed by atoms with van der Waals surface area (Å²) in [4.78, 5) is 31.4. The molecule has 3 aromatic rings. The van der Waals surface area contributed by atoms with Gasteiger partial charge in [-0.05, 0) is 61.8 Å². The fourth-order valence-corrected chi connectivity index (χ4v) is 4.36. The molecule has 3 rings (SSSR count). The molecule has 2 aromatic carbocycles. The third kappa shape index (κ3) is 8.93. The second-order valence-corrected chi connectivity index (χ2v) is 10.4. The van der Waals surface area contributed by atoms with Crippen LogP contribution in [0.5, 0.6) is 5.75 Å². The smallest absolute Gasteiger partial charge is 0.305 e. The van der Waals surface area contributed by atoms with Gasteiger partial charge >= 0.3 is 5.97 Å². The lowest BCUT2D eigenvalue weighted by atomic mass is 9.94. The molecule has 4 N–H and O–H groups in total. The predicted molar refractivity (Wildman–Crippen MR) is 162 cm³/mol. The number of aromatic nitrogens is 1. The average molecular weight is 590 g/mol. The molecule has 0 aliphatic carbocycles. The number of nitrogens with one attached hydrogen (secondary N) is 1. The highest BCUT2D eigenvalue weighted by molar-refractivity contribution is 6.32. The average Bonchev–Trinajstić information content (AvgIpc) is 2.90. The monoisotopic (exact) mass is 588 g/mol. The number of halogens is 2. The summed E-state index contributed by atoms with van der Waals surface area (Å²) in [5.41, 5.74) is 10.2. The van der Waals surface area contributed by atoms with E-state index in [9.17, 15) is 14.7 Å². The van der Waals surface area contributed by atoms with Gasteiger partial charge in [0.2, 0.25) is 0 Å². The minimum absolute atomic E-state index is 0. The van der Waals surface area contributed by atoms with Crippen molar-refractivity contribution < 1.29 is 19.4 Å². The molecule has 0 bridgehead atoms. The van der Waals surface area contributed by atoms with Crippen LogP contribution in [0.25, 0.3) is 22.4 Å². The molecule has 0 spiro atoms. The van der Waals surface area contributed by atoms with Crippen LogP contribution in [0, 0.1) is 5.92 Å². The first-order valence-electron chi connectivity index (χ1n) is 13.0. The van der Waals surface area contributed by atoms with Crippen LogP contribution in [0.2, 0.25) is 5.02 Å². The summed E-state index contributed by atoms with van der Waals surface area (Å²) in [6.07, 6.45) is 0.661. The first-order valence-corrected chi connectivity index (χ1v) is 13.4. The van der Waals surface area contributed by atoms with Crippen LogP contribution in [0.3, 0.4) is 0 Å². The largest absolute Gasteiger partial charge is 0.492 e. The van der Waals surface area contributed by atoms with E-state index in [1.54, 1.807) is 12.1 Å². The number of hydrogen-bond acceptors (Lipinski definition) is 6. The van der Waals surface area contributed by atoms with E-state index in [0.717, 1.165) is 35.2 Å². The van der Waals surface area contributed by atoms with Gasteiger partial charge in [-0.3, -0.25) is 9.59 Å². The molecule has 1 atom stereocenters. The molecule has 40 heavy (non-hydrogen) atoms. The summed E-state index contributed by atoms with van der Waals surface area (Å²) in [6.45, 7) is 5.46. The molecular weight excluding hydrogens is 551 g/mol. The molecule has 0 unspecified atom stereocenters. The quantitative estimate of drug-likeness (QED) is 0.225. The number of carbonyl (C=O) groups excluding carboxylic acids is 1. The van der Waals surface area contributed by atoms with Crippen LogP contribution in [0.4, 0.5) is 0 Å². The van der Waals surface area contributed by atoms with Crippen LogP contribution in [0.1, 0.15) is 42.7 Å². The molecule has 0 fully saturated rings. The normalized spacial score (nSPS) is 11.7. The molecule has 0 radical (unpaired) electrons. The Morgan fingerprint density at radius 3 is 2.48 bits per heavy atom. The van der Waals surface area contributed by atoms with Gasteiger partial charge in [-0.15, -0.1) is 12.4 Å². The molecule has 8 nitrogen and oxygen atoms in total. The minimum Gasteiger partial charge on any atom is -0.492 e. The minimum atomic E-state index is -0.976. The van der Waals surface area contributed by atoms with E-state index in [2.05, 4.69) is 10.2 Å². The van der Waals surface area contributed by atoms with E-state index in [4.69, 9.17) is 27.1 Å². The van der Waals surface area contributed by atoms with Crippen molar-refractivity contribution in [3.05, 3.63) is 70.9 Å². The Labute approximate surface area is 247 Å². The Morgan fingerprint density at radius 1 is 1.10 bits per heavy atom. The van der Waals surface area contributed by atoms with Gasteiger partial charge < -0.3 is 25.8 Å². The highest BCUT2D eigenvalue weighted by atomic mass is 35.5.